The SMILES string of the molecule is NC(c1cccc(F)n1)C1(O)CCC(F)(F)CC1. The van der Waals surface area contributed by atoms with E-state index in [4.69, 9.17) is 5.73 Å². The molecule has 3 nitrogen and oxygen atoms in total. The Morgan fingerprint density at radius 3 is 2.39 bits per heavy atom. The molecule has 2 rings (SSSR count). The molecular formula is C12H15F3N2O. The minimum absolute atomic E-state index is 0.112. The molecule has 0 aliphatic heterocycles. The van der Waals surface area contributed by atoms with Gasteiger partial charge in [-0.05, 0) is 25.0 Å². The highest BCUT2D eigenvalue weighted by Crippen LogP contribution is 2.42. The lowest BCUT2D eigenvalue weighted by Crippen LogP contribution is -2.46. The van der Waals surface area contributed by atoms with Gasteiger partial charge < -0.3 is 10.8 Å². The van der Waals surface area contributed by atoms with Crippen LogP contribution >= 0.6 is 0 Å². The van der Waals surface area contributed by atoms with Gasteiger partial charge >= 0.3 is 0 Å². The number of nitrogens with two attached hydrogens (primary N) is 1. The lowest BCUT2D eigenvalue weighted by Gasteiger charge is -2.39. The summed E-state index contributed by atoms with van der Waals surface area (Å²) in [5, 5.41) is 10.3. The van der Waals surface area contributed by atoms with Crippen LogP contribution < -0.4 is 5.73 Å². The zero-order valence-corrected chi connectivity index (χ0v) is 9.74. The molecule has 1 aromatic heterocycles. The molecule has 0 amide bonds. The van der Waals surface area contributed by atoms with Crippen LogP contribution in [-0.4, -0.2) is 21.6 Å². The Morgan fingerprint density at radius 2 is 1.83 bits per heavy atom. The number of nitrogens with zero attached hydrogens (tertiary/aromatic N) is 1. The van der Waals surface area contributed by atoms with Gasteiger partial charge in [0.25, 0.3) is 0 Å². The van der Waals surface area contributed by atoms with Gasteiger partial charge in [-0.15, -0.1) is 0 Å². The van der Waals surface area contributed by atoms with Crippen molar-refractivity contribution in [2.45, 2.75) is 43.2 Å². The highest BCUT2D eigenvalue weighted by atomic mass is 19.3. The molecule has 1 unspecified atom stereocenters. The second-order valence-corrected chi connectivity index (χ2v) is 4.82. The first-order valence-electron chi connectivity index (χ1n) is 5.81. The lowest BCUT2D eigenvalue weighted by molar-refractivity contribution is -0.113. The van der Waals surface area contributed by atoms with Gasteiger partial charge in [-0.1, -0.05) is 6.07 Å². The maximum atomic E-state index is 13.1. The predicted octanol–water partition coefficient (Wildman–Crippen LogP) is 2.16. The van der Waals surface area contributed by atoms with E-state index in [1.54, 1.807) is 0 Å². The van der Waals surface area contributed by atoms with E-state index in [9.17, 15) is 18.3 Å². The zero-order valence-electron chi connectivity index (χ0n) is 9.74. The molecule has 18 heavy (non-hydrogen) atoms. The van der Waals surface area contributed by atoms with E-state index in [1.807, 2.05) is 0 Å². The molecule has 6 heteroatoms. The molecule has 1 fully saturated rings. The normalized spacial score (nSPS) is 23.6. The summed E-state index contributed by atoms with van der Waals surface area (Å²) in [6.07, 6.45) is -1.04. The van der Waals surface area contributed by atoms with Crippen LogP contribution in [0.3, 0.4) is 0 Å². The number of rotatable bonds is 2. The van der Waals surface area contributed by atoms with Gasteiger partial charge in [-0.3, -0.25) is 0 Å². The van der Waals surface area contributed by atoms with Crippen LogP contribution in [0, 0.1) is 5.95 Å². The van der Waals surface area contributed by atoms with E-state index < -0.39 is 36.4 Å². The molecule has 0 aromatic carbocycles. The third kappa shape index (κ3) is 2.64. The molecule has 0 spiro atoms. The van der Waals surface area contributed by atoms with E-state index in [1.165, 1.54) is 12.1 Å². The average Bonchev–Trinajstić information content (AvgIpc) is 2.32. The monoisotopic (exact) mass is 260 g/mol. The van der Waals surface area contributed by atoms with E-state index in [0.717, 1.165) is 6.07 Å². The van der Waals surface area contributed by atoms with Crippen molar-refractivity contribution < 1.29 is 18.3 Å². The van der Waals surface area contributed by atoms with Crippen LogP contribution in [-0.2, 0) is 0 Å². The van der Waals surface area contributed by atoms with E-state index in [0.29, 0.717) is 0 Å². The van der Waals surface area contributed by atoms with Crippen molar-refractivity contribution in [2.24, 2.45) is 5.73 Å². The molecule has 1 aromatic rings. The van der Waals surface area contributed by atoms with E-state index in [-0.39, 0.29) is 18.5 Å². The summed E-state index contributed by atoms with van der Waals surface area (Å²) in [7, 11) is 0. The summed E-state index contributed by atoms with van der Waals surface area (Å²) >= 11 is 0. The first-order valence-corrected chi connectivity index (χ1v) is 5.81. The summed E-state index contributed by atoms with van der Waals surface area (Å²) < 4.78 is 39.1. The third-order valence-electron chi connectivity index (χ3n) is 3.48. The van der Waals surface area contributed by atoms with Gasteiger partial charge in [-0.2, -0.15) is 4.39 Å². The van der Waals surface area contributed by atoms with Crippen molar-refractivity contribution in [3.05, 3.63) is 29.8 Å². The number of alkyl halides is 2. The van der Waals surface area contributed by atoms with Crippen molar-refractivity contribution in [1.82, 2.24) is 4.98 Å². The second kappa shape index (κ2) is 4.51. The van der Waals surface area contributed by atoms with Crippen molar-refractivity contribution >= 4 is 0 Å². The van der Waals surface area contributed by atoms with Gasteiger partial charge in [0.2, 0.25) is 11.9 Å². The zero-order chi connectivity index (χ0) is 13.4. The fourth-order valence-corrected chi connectivity index (χ4v) is 2.23. The fourth-order valence-electron chi connectivity index (χ4n) is 2.23. The number of aliphatic hydroxyl groups is 1. The average molecular weight is 260 g/mol. The smallest absolute Gasteiger partial charge is 0.248 e. The summed E-state index contributed by atoms with van der Waals surface area (Å²) in [6, 6.07) is 3.12. The van der Waals surface area contributed by atoms with E-state index in [2.05, 4.69) is 4.98 Å². The molecule has 0 saturated heterocycles. The summed E-state index contributed by atoms with van der Waals surface area (Å²) in [6.45, 7) is 0. The molecule has 1 aliphatic rings. The Kier molecular flexibility index (Phi) is 3.33. The van der Waals surface area contributed by atoms with Crippen molar-refractivity contribution in [1.29, 1.82) is 0 Å². The van der Waals surface area contributed by atoms with Gasteiger partial charge in [0.05, 0.1) is 17.3 Å². The predicted molar refractivity (Wildman–Crippen MR) is 59.5 cm³/mol. The van der Waals surface area contributed by atoms with Gasteiger partial charge in [0, 0.05) is 12.8 Å². The van der Waals surface area contributed by atoms with Gasteiger partial charge in [0.1, 0.15) is 0 Å². The number of halogens is 3. The van der Waals surface area contributed by atoms with Crippen molar-refractivity contribution in [3.63, 3.8) is 0 Å². The Balaban J connectivity index is 2.16. The Bertz CT molecular complexity index is 429. The highest BCUT2D eigenvalue weighted by molar-refractivity contribution is 5.14. The summed E-state index contributed by atoms with van der Waals surface area (Å²) in [5.74, 6) is -3.45. The van der Waals surface area contributed by atoms with E-state index >= 15 is 0 Å². The largest absolute Gasteiger partial charge is 0.388 e. The number of hydrogen-bond donors (Lipinski definition) is 2. The first-order chi connectivity index (χ1) is 8.32. The highest BCUT2D eigenvalue weighted by Gasteiger charge is 2.46. The minimum Gasteiger partial charge on any atom is -0.388 e. The molecule has 100 valence electrons. The number of hydrogen-bond acceptors (Lipinski definition) is 3. The number of pyridine rings is 1. The molecular weight excluding hydrogens is 245 g/mol. The van der Waals surface area contributed by atoms with Crippen LogP contribution in [0.1, 0.15) is 37.4 Å². The van der Waals surface area contributed by atoms with Crippen LogP contribution in [0.4, 0.5) is 13.2 Å². The van der Waals surface area contributed by atoms with Crippen molar-refractivity contribution in [3.8, 4) is 0 Å². The molecule has 1 heterocycles. The third-order valence-corrected chi connectivity index (χ3v) is 3.48. The first kappa shape index (κ1) is 13.3. The molecule has 3 N–H and O–H groups in total. The lowest BCUT2D eigenvalue weighted by atomic mass is 9.77. The number of aromatic nitrogens is 1. The Hall–Kier alpha value is -1.14. The van der Waals surface area contributed by atoms with Crippen LogP contribution in [0.25, 0.3) is 0 Å². The standard InChI is InChI=1S/C12H15F3N2O/c13-9-3-1-2-8(17-9)10(16)11(18)4-6-12(14,15)7-5-11/h1-3,10,18H,4-7,16H2. The molecule has 1 saturated carbocycles. The maximum absolute atomic E-state index is 13.1. The quantitative estimate of drug-likeness (QED) is 0.801. The topological polar surface area (TPSA) is 59.1 Å². The minimum atomic E-state index is -2.75. The molecule has 0 bridgehead atoms. The fraction of sp³-hybridized carbons (Fsp3) is 0.583. The van der Waals surface area contributed by atoms with Crippen LogP contribution in [0.15, 0.2) is 18.2 Å². The Morgan fingerprint density at radius 1 is 1.22 bits per heavy atom. The molecule has 0 radical (unpaired) electrons. The van der Waals surface area contributed by atoms with Gasteiger partial charge in [-0.25, -0.2) is 13.8 Å². The second-order valence-electron chi connectivity index (χ2n) is 4.82. The Labute approximate surface area is 103 Å². The summed E-state index contributed by atoms with van der Waals surface area (Å²) in [5.41, 5.74) is 4.58. The maximum Gasteiger partial charge on any atom is 0.248 e. The van der Waals surface area contributed by atoms with Crippen LogP contribution in [0.5, 0.6) is 0 Å². The molecule has 1 atom stereocenters. The summed E-state index contributed by atoms with van der Waals surface area (Å²) in [4.78, 5) is 3.59. The van der Waals surface area contributed by atoms with Crippen LogP contribution in [0.2, 0.25) is 0 Å². The van der Waals surface area contributed by atoms with Gasteiger partial charge in [0.15, 0.2) is 0 Å². The molecule has 1 aliphatic carbocycles. The van der Waals surface area contributed by atoms with Crippen molar-refractivity contribution in [2.75, 3.05) is 0 Å².